The van der Waals surface area contributed by atoms with Crippen LogP contribution < -0.4 is 10.5 Å². The fraction of sp³-hybridized carbons (Fsp3) is 0.261. The number of hydrogen-bond donors (Lipinski definition) is 1. The Morgan fingerprint density at radius 2 is 1.71 bits per heavy atom. The largest absolute Gasteiger partial charge is 0.480 e. The minimum absolute atomic E-state index is 0.208. The third-order valence-electron chi connectivity index (χ3n) is 5.73. The van der Waals surface area contributed by atoms with Crippen molar-refractivity contribution in [3.05, 3.63) is 66.4 Å². The van der Waals surface area contributed by atoms with Crippen LogP contribution in [0.2, 0.25) is 0 Å². The molecule has 1 aromatic carbocycles. The van der Waals surface area contributed by atoms with Gasteiger partial charge in [0, 0.05) is 24.2 Å². The summed E-state index contributed by atoms with van der Waals surface area (Å²) >= 11 is 0. The van der Waals surface area contributed by atoms with Crippen molar-refractivity contribution >= 4 is 5.95 Å². The summed E-state index contributed by atoms with van der Waals surface area (Å²) < 4.78 is 10.9. The van der Waals surface area contributed by atoms with Crippen LogP contribution in [0, 0.1) is 5.92 Å². The maximum atomic E-state index is 5.61. The van der Waals surface area contributed by atoms with E-state index in [4.69, 9.17) is 20.0 Å². The molecular formula is C23H24N6O2. The van der Waals surface area contributed by atoms with Crippen LogP contribution in [-0.4, -0.2) is 32.2 Å². The van der Waals surface area contributed by atoms with Gasteiger partial charge in [-0.1, -0.05) is 43.3 Å². The van der Waals surface area contributed by atoms with Crippen molar-refractivity contribution in [1.29, 1.82) is 0 Å². The van der Waals surface area contributed by atoms with Gasteiger partial charge in [0.15, 0.2) is 5.82 Å². The molecule has 0 fully saturated rings. The van der Waals surface area contributed by atoms with E-state index in [0.717, 1.165) is 16.7 Å². The summed E-state index contributed by atoms with van der Waals surface area (Å²) in [6.07, 6.45) is 5.09. The molecule has 1 unspecified atom stereocenters. The van der Waals surface area contributed by atoms with E-state index in [1.54, 1.807) is 25.7 Å². The molecule has 0 bridgehead atoms. The second kappa shape index (κ2) is 8.14. The Hall–Kier alpha value is -3.81. The average Bonchev–Trinajstić information content (AvgIpc) is 3.29. The molecule has 0 aliphatic carbocycles. The van der Waals surface area contributed by atoms with E-state index in [9.17, 15) is 0 Å². The Labute approximate surface area is 180 Å². The van der Waals surface area contributed by atoms with Gasteiger partial charge in [0.1, 0.15) is 5.56 Å². The maximum Gasteiger partial charge on any atom is 0.263 e. The summed E-state index contributed by atoms with van der Waals surface area (Å²) in [6, 6.07) is 11.9. The number of aromatic nitrogens is 5. The number of anilines is 1. The number of nitrogens with two attached hydrogens (primary N) is 1. The number of pyridine rings is 1. The molecule has 4 aromatic rings. The van der Waals surface area contributed by atoms with Crippen LogP contribution in [0.15, 0.2) is 59.5 Å². The Balaban J connectivity index is 1.71. The molecule has 0 aliphatic rings. The van der Waals surface area contributed by atoms with Crippen LogP contribution in [-0.2, 0) is 5.41 Å². The van der Waals surface area contributed by atoms with Crippen molar-refractivity contribution in [2.45, 2.75) is 26.2 Å². The first-order chi connectivity index (χ1) is 14.9. The molecule has 0 aliphatic heterocycles. The summed E-state index contributed by atoms with van der Waals surface area (Å²) in [5, 5.41) is 4.32. The molecule has 158 valence electrons. The molecule has 3 aromatic heterocycles. The molecule has 0 saturated heterocycles. The molecule has 31 heavy (non-hydrogen) atoms. The Kier molecular flexibility index (Phi) is 5.37. The first-order valence-corrected chi connectivity index (χ1v) is 9.95. The zero-order chi connectivity index (χ0) is 22.0. The first-order valence-electron chi connectivity index (χ1n) is 9.95. The minimum atomic E-state index is -0.465. The first kappa shape index (κ1) is 20.5. The Bertz CT molecular complexity index is 1170. The van der Waals surface area contributed by atoms with Gasteiger partial charge in [0.05, 0.1) is 12.5 Å². The molecular weight excluding hydrogens is 392 g/mol. The number of nitrogens with zero attached hydrogens (tertiary/aromatic N) is 5. The predicted octanol–water partition coefficient (Wildman–Crippen LogP) is 4.14. The van der Waals surface area contributed by atoms with Crippen molar-refractivity contribution < 1.29 is 9.26 Å². The van der Waals surface area contributed by atoms with Gasteiger partial charge in [-0.15, -0.1) is 0 Å². The number of hydrogen-bond acceptors (Lipinski definition) is 8. The molecule has 0 saturated carbocycles. The zero-order valence-corrected chi connectivity index (χ0v) is 17.9. The monoisotopic (exact) mass is 416 g/mol. The topological polar surface area (TPSA) is 113 Å². The fourth-order valence-corrected chi connectivity index (χ4v) is 3.48. The summed E-state index contributed by atoms with van der Waals surface area (Å²) in [5.41, 5.74) is 8.77. The van der Waals surface area contributed by atoms with E-state index in [0.29, 0.717) is 23.2 Å². The smallest absolute Gasteiger partial charge is 0.263 e. The lowest BCUT2D eigenvalue weighted by atomic mass is 9.72. The highest BCUT2D eigenvalue weighted by atomic mass is 16.5. The summed E-state index contributed by atoms with van der Waals surface area (Å²) in [6.45, 7) is 6.40. The molecule has 0 amide bonds. The van der Waals surface area contributed by atoms with Crippen LogP contribution in [0.1, 0.15) is 32.2 Å². The molecule has 0 radical (unpaired) electrons. The lowest BCUT2D eigenvalue weighted by Gasteiger charge is -2.31. The van der Waals surface area contributed by atoms with E-state index >= 15 is 0 Å². The predicted molar refractivity (Wildman–Crippen MR) is 117 cm³/mol. The highest BCUT2D eigenvalue weighted by Gasteiger charge is 2.37. The Morgan fingerprint density at radius 3 is 2.35 bits per heavy atom. The second-order valence-corrected chi connectivity index (χ2v) is 7.75. The SMILES string of the molecule is COc1ncccc1-c1nc(C(C)(c2ccc(-c3cnc(N)nc3)cc2)C(C)C)no1. The summed E-state index contributed by atoms with van der Waals surface area (Å²) in [5.74, 6) is 1.89. The quantitative estimate of drug-likeness (QED) is 0.499. The fourth-order valence-electron chi connectivity index (χ4n) is 3.48. The number of ether oxygens (including phenoxy) is 1. The van der Waals surface area contributed by atoms with Gasteiger partial charge >= 0.3 is 0 Å². The van der Waals surface area contributed by atoms with E-state index in [1.807, 2.05) is 24.3 Å². The summed E-state index contributed by atoms with van der Waals surface area (Å²) in [7, 11) is 1.56. The lowest BCUT2D eigenvalue weighted by Crippen LogP contribution is -2.31. The van der Waals surface area contributed by atoms with Crippen molar-refractivity contribution in [3.8, 4) is 28.5 Å². The van der Waals surface area contributed by atoms with E-state index in [2.05, 4.69) is 53.0 Å². The van der Waals surface area contributed by atoms with Gasteiger partial charge in [-0.25, -0.2) is 15.0 Å². The van der Waals surface area contributed by atoms with Crippen molar-refractivity contribution in [2.75, 3.05) is 12.8 Å². The van der Waals surface area contributed by atoms with Crippen LogP contribution in [0.25, 0.3) is 22.6 Å². The van der Waals surface area contributed by atoms with Gasteiger partial charge in [-0.3, -0.25) is 0 Å². The molecule has 8 nitrogen and oxygen atoms in total. The number of methoxy groups -OCH3 is 1. The van der Waals surface area contributed by atoms with Crippen molar-refractivity contribution in [1.82, 2.24) is 25.1 Å². The molecule has 0 spiro atoms. The normalized spacial score (nSPS) is 13.2. The molecule has 3 heterocycles. The van der Waals surface area contributed by atoms with Gasteiger partial charge in [0.2, 0.25) is 11.8 Å². The van der Waals surface area contributed by atoms with Gasteiger partial charge in [-0.2, -0.15) is 4.98 Å². The van der Waals surface area contributed by atoms with E-state index < -0.39 is 5.41 Å². The number of rotatable bonds is 6. The highest BCUT2D eigenvalue weighted by Crippen LogP contribution is 2.39. The zero-order valence-electron chi connectivity index (χ0n) is 17.9. The maximum absolute atomic E-state index is 5.61. The molecule has 2 N–H and O–H groups in total. The van der Waals surface area contributed by atoms with Crippen LogP contribution in [0.4, 0.5) is 5.95 Å². The minimum Gasteiger partial charge on any atom is -0.480 e. The van der Waals surface area contributed by atoms with Gasteiger partial charge < -0.3 is 15.0 Å². The van der Waals surface area contributed by atoms with Gasteiger partial charge in [0.25, 0.3) is 5.89 Å². The third-order valence-corrected chi connectivity index (χ3v) is 5.73. The summed E-state index contributed by atoms with van der Waals surface area (Å²) in [4.78, 5) is 17.1. The lowest BCUT2D eigenvalue weighted by molar-refractivity contribution is 0.349. The van der Waals surface area contributed by atoms with Crippen molar-refractivity contribution in [3.63, 3.8) is 0 Å². The van der Waals surface area contributed by atoms with E-state index in [1.165, 1.54) is 0 Å². The van der Waals surface area contributed by atoms with Crippen molar-refractivity contribution in [2.24, 2.45) is 5.92 Å². The number of benzene rings is 1. The van der Waals surface area contributed by atoms with Gasteiger partial charge in [-0.05, 0) is 36.1 Å². The number of nitrogen functional groups attached to an aromatic ring is 1. The van der Waals surface area contributed by atoms with Crippen LogP contribution in [0.3, 0.4) is 0 Å². The average molecular weight is 416 g/mol. The standard InChI is InChI=1S/C23H24N6O2/c1-14(2)23(3,17-9-7-15(8-10-17)16-12-26-22(24)27-13-16)21-28-20(31-29-21)18-6-5-11-25-19(18)30-4/h5-14H,1-4H3,(H2,24,26,27). The molecule has 1 atom stereocenters. The Morgan fingerprint density at radius 1 is 1.00 bits per heavy atom. The van der Waals surface area contributed by atoms with Crippen LogP contribution >= 0.6 is 0 Å². The van der Waals surface area contributed by atoms with Crippen LogP contribution in [0.5, 0.6) is 5.88 Å². The third kappa shape index (κ3) is 3.72. The van der Waals surface area contributed by atoms with E-state index in [-0.39, 0.29) is 11.9 Å². The molecule has 8 heteroatoms. The second-order valence-electron chi connectivity index (χ2n) is 7.75. The highest BCUT2D eigenvalue weighted by molar-refractivity contribution is 5.63. The molecule has 4 rings (SSSR count).